The van der Waals surface area contributed by atoms with Gasteiger partial charge in [0, 0.05) is 44.0 Å². The second-order valence-electron chi connectivity index (χ2n) is 6.07. The van der Waals surface area contributed by atoms with Crippen molar-refractivity contribution in [3.8, 4) is 0 Å². The second-order valence-corrected chi connectivity index (χ2v) is 6.07. The number of benzene rings is 1. The lowest BCUT2D eigenvalue weighted by atomic mass is 9.81. The van der Waals surface area contributed by atoms with Gasteiger partial charge >= 0.3 is 0 Å². The highest BCUT2D eigenvalue weighted by Crippen LogP contribution is 2.35. The first-order chi connectivity index (χ1) is 9.69. The van der Waals surface area contributed by atoms with Crippen LogP contribution >= 0.6 is 0 Å². The molecule has 1 aromatic heterocycles. The maximum absolute atomic E-state index is 12.7. The molecule has 2 aliphatic rings. The van der Waals surface area contributed by atoms with E-state index in [2.05, 4.69) is 10.4 Å². The van der Waals surface area contributed by atoms with Gasteiger partial charge in [0.05, 0.1) is 5.52 Å². The number of hydrogen-bond donors (Lipinski definition) is 1. The summed E-state index contributed by atoms with van der Waals surface area (Å²) < 4.78 is 1.79. The predicted molar refractivity (Wildman–Crippen MR) is 76.5 cm³/mol. The van der Waals surface area contributed by atoms with E-state index in [1.165, 1.54) is 0 Å². The van der Waals surface area contributed by atoms with E-state index >= 15 is 0 Å². The molecule has 104 valence electrons. The lowest BCUT2D eigenvalue weighted by Crippen LogP contribution is -2.55. The van der Waals surface area contributed by atoms with E-state index in [-0.39, 0.29) is 5.91 Å². The Labute approximate surface area is 117 Å². The quantitative estimate of drug-likeness (QED) is 0.841. The van der Waals surface area contributed by atoms with Gasteiger partial charge in [0.25, 0.3) is 5.91 Å². The topological polar surface area (TPSA) is 50.2 Å². The summed E-state index contributed by atoms with van der Waals surface area (Å²) in [6, 6.07) is 7.91. The molecule has 0 saturated carbocycles. The van der Waals surface area contributed by atoms with E-state index < -0.39 is 0 Å². The number of nitrogens with one attached hydrogen (secondary N) is 1. The molecule has 2 aromatic rings. The molecule has 5 nitrogen and oxygen atoms in total. The highest BCUT2D eigenvalue weighted by Gasteiger charge is 2.44. The minimum Gasteiger partial charge on any atom is -0.337 e. The normalized spacial score (nSPS) is 20.6. The molecule has 0 unspecified atom stereocenters. The Morgan fingerprint density at radius 2 is 2.15 bits per heavy atom. The zero-order chi connectivity index (χ0) is 13.7. The van der Waals surface area contributed by atoms with E-state index in [9.17, 15) is 4.79 Å². The van der Waals surface area contributed by atoms with Crippen molar-refractivity contribution in [3.63, 3.8) is 0 Å². The van der Waals surface area contributed by atoms with Gasteiger partial charge in [-0.1, -0.05) is 18.2 Å². The van der Waals surface area contributed by atoms with Crippen molar-refractivity contribution in [1.29, 1.82) is 0 Å². The van der Waals surface area contributed by atoms with Crippen LogP contribution in [0.4, 0.5) is 0 Å². The number of aromatic nitrogens is 2. The minimum absolute atomic E-state index is 0.0746. The minimum atomic E-state index is 0.0746. The molecule has 2 aliphatic heterocycles. The van der Waals surface area contributed by atoms with Crippen LogP contribution in [0.25, 0.3) is 10.9 Å². The smallest absolute Gasteiger partial charge is 0.275 e. The van der Waals surface area contributed by atoms with Gasteiger partial charge in [0.2, 0.25) is 0 Å². The van der Waals surface area contributed by atoms with E-state index in [4.69, 9.17) is 0 Å². The van der Waals surface area contributed by atoms with Crippen molar-refractivity contribution in [2.45, 2.75) is 6.42 Å². The summed E-state index contributed by atoms with van der Waals surface area (Å²) in [5, 5.41) is 8.71. The lowest BCUT2D eigenvalue weighted by Gasteiger charge is -2.38. The summed E-state index contributed by atoms with van der Waals surface area (Å²) in [5.41, 5.74) is 1.93. The van der Waals surface area contributed by atoms with Gasteiger partial charge in [-0.2, -0.15) is 5.10 Å². The summed E-state index contributed by atoms with van der Waals surface area (Å²) in [4.78, 5) is 14.7. The highest BCUT2D eigenvalue weighted by molar-refractivity contribution is 6.04. The van der Waals surface area contributed by atoms with Gasteiger partial charge in [-0.25, -0.2) is 0 Å². The van der Waals surface area contributed by atoms with Crippen LogP contribution in [0, 0.1) is 5.41 Å². The van der Waals surface area contributed by atoms with Gasteiger partial charge in [0.1, 0.15) is 0 Å². The van der Waals surface area contributed by atoms with Crippen molar-refractivity contribution in [3.05, 3.63) is 30.0 Å². The van der Waals surface area contributed by atoms with Crippen molar-refractivity contribution in [2.24, 2.45) is 12.5 Å². The highest BCUT2D eigenvalue weighted by atomic mass is 16.2. The molecule has 1 aromatic carbocycles. The molecule has 2 saturated heterocycles. The third-order valence-electron chi connectivity index (χ3n) is 4.69. The molecule has 0 aliphatic carbocycles. The van der Waals surface area contributed by atoms with Crippen LogP contribution in [-0.4, -0.2) is 46.8 Å². The Bertz CT molecular complexity index is 686. The van der Waals surface area contributed by atoms with Crippen LogP contribution in [0.15, 0.2) is 24.3 Å². The molecule has 0 radical (unpaired) electrons. The summed E-state index contributed by atoms with van der Waals surface area (Å²) >= 11 is 0. The molecular formula is C15H18N4O. The molecule has 0 atom stereocenters. The number of fused-ring (bicyclic) bond motifs is 1. The molecule has 1 amide bonds. The molecule has 4 rings (SSSR count). The monoisotopic (exact) mass is 270 g/mol. The SMILES string of the molecule is Cn1nc(C(=O)N2CCC3(CNC3)C2)c2ccccc21. The van der Waals surface area contributed by atoms with Crippen molar-refractivity contribution < 1.29 is 4.79 Å². The summed E-state index contributed by atoms with van der Waals surface area (Å²) in [7, 11) is 1.89. The number of amides is 1. The van der Waals surface area contributed by atoms with E-state index in [1.807, 2.05) is 36.2 Å². The first kappa shape index (κ1) is 11.9. The molecule has 2 fully saturated rings. The van der Waals surface area contributed by atoms with Crippen molar-refractivity contribution in [2.75, 3.05) is 26.2 Å². The average molecular weight is 270 g/mol. The Morgan fingerprint density at radius 1 is 1.35 bits per heavy atom. The summed E-state index contributed by atoms with van der Waals surface area (Å²) in [6.45, 7) is 3.80. The fourth-order valence-electron chi connectivity index (χ4n) is 3.40. The zero-order valence-electron chi connectivity index (χ0n) is 11.6. The Balaban J connectivity index is 1.67. The number of para-hydroxylation sites is 1. The van der Waals surface area contributed by atoms with Crippen LogP contribution in [0.1, 0.15) is 16.9 Å². The second kappa shape index (κ2) is 4.06. The first-order valence-corrected chi connectivity index (χ1v) is 7.10. The standard InChI is InChI=1S/C15H18N4O/c1-18-12-5-3-2-4-11(12)13(17-18)14(20)19-7-6-15(10-19)8-16-9-15/h2-5,16H,6-10H2,1H3. The number of likely N-dealkylation sites (tertiary alicyclic amines) is 1. The molecule has 5 heteroatoms. The average Bonchev–Trinajstić information content (AvgIpc) is 3.01. The van der Waals surface area contributed by atoms with Crippen LogP contribution in [0.5, 0.6) is 0 Å². The van der Waals surface area contributed by atoms with Crippen LogP contribution in [0.2, 0.25) is 0 Å². The van der Waals surface area contributed by atoms with Gasteiger partial charge in [0.15, 0.2) is 5.69 Å². The molecular weight excluding hydrogens is 252 g/mol. The Hall–Kier alpha value is -1.88. The number of hydrogen-bond acceptors (Lipinski definition) is 3. The van der Waals surface area contributed by atoms with E-state index in [0.29, 0.717) is 11.1 Å². The fourth-order valence-corrected chi connectivity index (χ4v) is 3.40. The summed E-state index contributed by atoms with van der Waals surface area (Å²) in [6.07, 6.45) is 1.11. The molecule has 3 heterocycles. The third kappa shape index (κ3) is 1.59. The van der Waals surface area contributed by atoms with Gasteiger partial charge in [-0.3, -0.25) is 9.48 Å². The van der Waals surface area contributed by atoms with Gasteiger partial charge in [-0.05, 0) is 12.5 Å². The van der Waals surface area contributed by atoms with Crippen LogP contribution in [0.3, 0.4) is 0 Å². The molecule has 0 bridgehead atoms. The Kier molecular flexibility index (Phi) is 2.41. The number of carbonyl (C=O) groups excluding carboxylic acids is 1. The largest absolute Gasteiger partial charge is 0.337 e. The molecule has 20 heavy (non-hydrogen) atoms. The number of carbonyl (C=O) groups is 1. The van der Waals surface area contributed by atoms with Crippen molar-refractivity contribution in [1.82, 2.24) is 20.0 Å². The van der Waals surface area contributed by atoms with E-state index in [1.54, 1.807) is 4.68 Å². The maximum atomic E-state index is 12.7. The first-order valence-electron chi connectivity index (χ1n) is 7.10. The van der Waals surface area contributed by atoms with E-state index in [0.717, 1.165) is 43.5 Å². The maximum Gasteiger partial charge on any atom is 0.275 e. The van der Waals surface area contributed by atoms with Gasteiger partial charge in [-0.15, -0.1) is 0 Å². The van der Waals surface area contributed by atoms with Crippen LogP contribution in [-0.2, 0) is 7.05 Å². The summed E-state index contributed by atoms with van der Waals surface area (Å²) in [5.74, 6) is 0.0746. The molecule has 1 N–H and O–H groups in total. The van der Waals surface area contributed by atoms with Gasteiger partial charge < -0.3 is 10.2 Å². The fraction of sp³-hybridized carbons (Fsp3) is 0.467. The van der Waals surface area contributed by atoms with Crippen LogP contribution < -0.4 is 5.32 Å². The number of rotatable bonds is 1. The zero-order valence-corrected chi connectivity index (χ0v) is 11.6. The predicted octanol–water partition coefficient (Wildman–Crippen LogP) is 1.01. The number of nitrogens with zero attached hydrogens (tertiary/aromatic N) is 3. The number of aryl methyl sites for hydroxylation is 1. The Morgan fingerprint density at radius 3 is 2.85 bits per heavy atom. The molecule has 1 spiro atoms. The lowest BCUT2D eigenvalue weighted by molar-refractivity contribution is 0.0747. The third-order valence-corrected chi connectivity index (χ3v) is 4.69. The van der Waals surface area contributed by atoms with Crippen molar-refractivity contribution >= 4 is 16.8 Å².